The molecule has 0 aliphatic carbocycles. The summed E-state index contributed by atoms with van der Waals surface area (Å²) in [6.45, 7) is 5.68. The van der Waals surface area contributed by atoms with Crippen LogP contribution in [0.4, 0.5) is 0 Å². The third-order valence-electron chi connectivity index (χ3n) is 2.88. The van der Waals surface area contributed by atoms with Gasteiger partial charge in [-0.25, -0.2) is 4.98 Å². The average molecular weight is 239 g/mol. The normalized spacial score (nSPS) is 20.9. The molecule has 1 aromatic heterocycles. The topological polar surface area (TPSA) is 54.0 Å². The predicted molar refractivity (Wildman–Crippen MR) is 64.5 cm³/mol. The van der Waals surface area contributed by atoms with E-state index >= 15 is 0 Å². The van der Waals surface area contributed by atoms with E-state index in [1.165, 1.54) is 4.88 Å². The molecule has 2 heterocycles. The van der Waals surface area contributed by atoms with Crippen LogP contribution in [0, 0.1) is 13.8 Å². The van der Waals surface area contributed by atoms with Gasteiger partial charge in [0.15, 0.2) is 0 Å². The van der Waals surface area contributed by atoms with Crippen LogP contribution in [0.15, 0.2) is 0 Å². The van der Waals surface area contributed by atoms with E-state index in [0.29, 0.717) is 12.5 Å². The number of hydrogen-bond donors (Lipinski definition) is 2. The van der Waals surface area contributed by atoms with Crippen molar-refractivity contribution in [1.82, 2.24) is 15.6 Å². The molecule has 1 aromatic rings. The minimum Gasteiger partial charge on any atom is -0.355 e. The van der Waals surface area contributed by atoms with E-state index in [1.54, 1.807) is 11.3 Å². The molecule has 88 valence electrons. The number of aryl methyl sites for hydroxylation is 2. The van der Waals surface area contributed by atoms with Gasteiger partial charge < -0.3 is 10.6 Å². The Morgan fingerprint density at radius 3 is 2.94 bits per heavy atom. The summed E-state index contributed by atoms with van der Waals surface area (Å²) in [5, 5.41) is 7.43. The van der Waals surface area contributed by atoms with Gasteiger partial charge in [0.1, 0.15) is 5.01 Å². The number of aromatic nitrogens is 1. The van der Waals surface area contributed by atoms with E-state index in [1.807, 2.05) is 6.92 Å². The van der Waals surface area contributed by atoms with E-state index in [4.69, 9.17) is 0 Å². The second kappa shape index (κ2) is 4.93. The molecule has 5 heteroatoms. The van der Waals surface area contributed by atoms with Crippen LogP contribution in [-0.4, -0.2) is 23.5 Å². The Kier molecular flexibility index (Phi) is 3.56. The summed E-state index contributed by atoms with van der Waals surface area (Å²) >= 11 is 1.74. The smallest absolute Gasteiger partial charge is 0.220 e. The molecule has 1 unspecified atom stereocenters. The lowest BCUT2D eigenvalue weighted by Gasteiger charge is -2.22. The van der Waals surface area contributed by atoms with Crippen molar-refractivity contribution in [2.75, 3.05) is 6.54 Å². The van der Waals surface area contributed by atoms with E-state index in [2.05, 4.69) is 22.5 Å². The third-order valence-corrected chi connectivity index (χ3v) is 3.95. The quantitative estimate of drug-likeness (QED) is 0.831. The number of nitrogens with one attached hydrogen (secondary N) is 2. The van der Waals surface area contributed by atoms with Gasteiger partial charge >= 0.3 is 0 Å². The van der Waals surface area contributed by atoms with Gasteiger partial charge in [-0.05, 0) is 20.3 Å². The molecule has 1 saturated heterocycles. The maximum absolute atomic E-state index is 11.0. The van der Waals surface area contributed by atoms with Gasteiger partial charge in [0.25, 0.3) is 0 Å². The molecule has 1 aliphatic rings. The summed E-state index contributed by atoms with van der Waals surface area (Å²) in [6, 6.07) is 0.391. The van der Waals surface area contributed by atoms with E-state index < -0.39 is 0 Å². The summed E-state index contributed by atoms with van der Waals surface area (Å²) < 4.78 is 0. The Morgan fingerprint density at radius 2 is 2.38 bits per heavy atom. The molecule has 0 radical (unpaired) electrons. The lowest BCUT2D eigenvalue weighted by atomic mass is 10.1. The van der Waals surface area contributed by atoms with Crippen LogP contribution >= 0.6 is 11.3 Å². The lowest BCUT2D eigenvalue weighted by Crippen LogP contribution is -2.45. The molecule has 1 fully saturated rings. The monoisotopic (exact) mass is 239 g/mol. The van der Waals surface area contributed by atoms with Crippen molar-refractivity contribution < 1.29 is 4.79 Å². The molecule has 0 bridgehead atoms. The van der Waals surface area contributed by atoms with Crippen LogP contribution in [0.1, 0.15) is 28.4 Å². The number of thiazole rings is 1. The van der Waals surface area contributed by atoms with Crippen LogP contribution < -0.4 is 10.6 Å². The minimum atomic E-state index is 0.166. The number of piperidine rings is 1. The van der Waals surface area contributed by atoms with Crippen molar-refractivity contribution in [1.29, 1.82) is 0 Å². The van der Waals surface area contributed by atoms with Crippen molar-refractivity contribution in [3.05, 3.63) is 15.6 Å². The first-order chi connectivity index (χ1) is 7.65. The fourth-order valence-electron chi connectivity index (χ4n) is 1.75. The molecular weight excluding hydrogens is 222 g/mol. The summed E-state index contributed by atoms with van der Waals surface area (Å²) in [7, 11) is 0. The molecule has 0 spiro atoms. The van der Waals surface area contributed by atoms with Gasteiger partial charge in [0.2, 0.25) is 5.91 Å². The third kappa shape index (κ3) is 2.80. The summed E-state index contributed by atoms with van der Waals surface area (Å²) in [5.74, 6) is 0.166. The second-order valence-electron chi connectivity index (χ2n) is 4.17. The zero-order valence-electron chi connectivity index (χ0n) is 9.67. The van der Waals surface area contributed by atoms with Crippen molar-refractivity contribution in [2.24, 2.45) is 0 Å². The molecule has 1 amide bonds. The Morgan fingerprint density at radius 1 is 1.56 bits per heavy atom. The first-order valence-corrected chi connectivity index (χ1v) is 6.40. The highest BCUT2D eigenvalue weighted by Crippen LogP contribution is 2.16. The first kappa shape index (κ1) is 11.5. The van der Waals surface area contributed by atoms with Gasteiger partial charge in [-0.2, -0.15) is 0 Å². The van der Waals surface area contributed by atoms with Gasteiger partial charge in [0, 0.05) is 30.4 Å². The molecule has 0 aromatic carbocycles. The summed E-state index contributed by atoms with van der Waals surface area (Å²) in [4.78, 5) is 16.7. The zero-order chi connectivity index (χ0) is 11.5. The number of nitrogens with zero attached hydrogens (tertiary/aromatic N) is 1. The Hall–Kier alpha value is -0.940. The maximum Gasteiger partial charge on any atom is 0.220 e. The molecule has 1 atom stereocenters. The SMILES string of the molecule is Cc1nc(CNC2CCC(=O)NC2)sc1C. The van der Waals surface area contributed by atoms with E-state index in [-0.39, 0.29) is 5.91 Å². The molecule has 2 N–H and O–H groups in total. The molecule has 4 nitrogen and oxygen atoms in total. The Balaban J connectivity index is 1.81. The second-order valence-corrected chi connectivity index (χ2v) is 5.46. The van der Waals surface area contributed by atoms with Crippen LogP contribution in [0.3, 0.4) is 0 Å². The van der Waals surface area contributed by atoms with Crippen LogP contribution in [0.2, 0.25) is 0 Å². The zero-order valence-corrected chi connectivity index (χ0v) is 10.5. The maximum atomic E-state index is 11.0. The summed E-state index contributed by atoms with van der Waals surface area (Å²) in [6.07, 6.45) is 1.56. The van der Waals surface area contributed by atoms with Crippen LogP contribution in [-0.2, 0) is 11.3 Å². The molecule has 1 aliphatic heterocycles. The van der Waals surface area contributed by atoms with Gasteiger partial charge in [-0.3, -0.25) is 4.79 Å². The summed E-state index contributed by atoms with van der Waals surface area (Å²) in [5.41, 5.74) is 1.12. The number of amides is 1. The molecule has 16 heavy (non-hydrogen) atoms. The fourth-order valence-corrected chi connectivity index (χ4v) is 2.64. The number of carbonyl (C=O) groups excluding carboxylic acids is 1. The molecular formula is C11H17N3OS. The van der Waals surface area contributed by atoms with Gasteiger partial charge in [0.05, 0.1) is 5.69 Å². The highest BCUT2D eigenvalue weighted by Gasteiger charge is 2.17. The number of hydrogen-bond acceptors (Lipinski definition) is 4. The van der Waals surface area contributed by atoms with Crippen LogP contribution in [0.25, 0.3) is 0 Å². The lowest BCUT2D eigenvalue weighted by molar-refractivity contribution is -0.122. The predicted octanol–water partition coefficient (Wildman–Crippen LogP) is 1.13. The standard InChI is InChI=1S/C11H17N3OS/c1-7-8(2)16-11(14-7)6-12-9-3-4-10(15)13-5-9/h9,12H,3-6H2,1-2H3,(H,13,15). The minimum absolute atomic E-state index is 0.166. The molecule has 0 saturated carbocycles. The van der Waals surface area contributed by atoms with Crippen molar-refractivity contribution in [3.8, 4) is 0 Å². The Bertz CT molecular complexity index is 359. The van der Waals surface area contributed by atoms with E-state index in [9.17, 15) is 4.79 Å². The van der Waals surface area contributed by atoms with Gasteiger partial charge in [-0.1, -0.05) is 0 Å². The first-order valence-electron chi connectivity index (χ1n) is 5.58. The number of carbonyl (C=O) groups is 1. The average Bonchev–Trinajstić information content (AvgIpc) is 2.58. The largest absolute Gasteiger partial charge is 0.355 e. The fraction of sp³-hybridized carbons (Fsp3) is 0.636. The van der Waals surface area contributed by atoms with E-state index in [0.717, 1.165) is 30.2 Å². The molecule has 2 rings (SSSR count). The highest BCUT2D eigenvalue weighted by molar-refractivity contribution is 7.11. The van der Waals surface area contributed by atoms with Crippen molar-refractivity contribution >= 4 is 17.2 Å². The Labute approximate surface area is 99.5 Å². The highest BCUT2D eigenvalue weighted by atomic mass is 32.1. The van der Waals surface area contributed by atoms with Crippen LogP contribution in [0.5, 0.6) is 0 Å². The van der Waals surface area contributed by atoms with Crippen molar-refractivity contribution in [3.63, 3.8) is 0 Å². The van der Waals surface area contributed by atoms with Gasteiger partial charge in [-0.15, -0.1) is 11.3 Å². The van der Waals surface area contributed by atoms with Crippen molar-refractivity contribution in [2.45, 2.75) is 39.3 Å². The number of rotatable bonds is 3.